The van der Waals surface area contributed by atoms with Crippen LogP contribution in [-0.2, 0) is 11.8 Å². The number of anilines is 1. The van der Waals surface area contributed by atoms with Gasteiger partial charge in [0.25, 0.3) is 0 Å². The lowest BCUT2D eigenvalue weighted by Crippen LogP contribution is -2.15. The standard InChI is InChI=1S/C21H23ClN4O3S/c1-13-8-9-15(10-18(13)22)23-19(27)12-30-21-25-24-20(26(21)3)14(2)29-17-7-5-6-16(11-17)28-4/h5-11,14H,12H2,1-4H3,(H,23,27). The summed E-state index contributed by atoms with van der Waals surface area (Å²) in [6, 6.07) is 12.8. The molecule has 0 saturated heterocycles. The van der Waals surface area contributed by atoms with Crippen LogP contribution in [0.1, 0.15) is 24.4 Å². The summed E-state index contributed by atoms with van der Waals surface area (Å²) in [5.41, 5.74) is 1.62. The molecule has 158 valence electrons. The van der Waals surface area contributed by atoms with Crippen molar-refractivity contribution in [3.8, 4) is 11.5 Å². The molecule has 1 unspecified atom stereocenters. The van der Waals surface area contributed by atoms with Crippen LogP contribution in [0.15, 0.2) is 47.6 Å². The summed E-state index contributed by atoms with van der Waals surface area (Å²) in [6.45, 7) is 3.81. The van der Waals surface area contributed by atoms with Crippen LogP contribution < -0.4 is 14.8 Å². The number of aromatic nitrogens is 3. The highest BCUT2D eigenvalue weighted by Crippen LogP contribution is 2.26. The van der Waals surface area contributed by atoms with E-state index in [1.54, 1.807) is 13.2 Å². The maximum absolute atomic E-state index is 12.3. The Labute approximate surface area is 184 Å². The van der Waals surface area contributed by atoms with Crippen molar-refractivity contribution < 1.29 is 14.3 Å². The number of methoxy groups -OCH3 is 1. The molecule has 7 nitrogen and oxygen atoms in total. The Morgan fingerprint density at radius 1 is 1.23 bits per heavy atom. The molecule has 1 atom stereocenters. The van der Waals surface area contributed by atoms with E-state index in [0.717, 1.165) is 11.3 Å². The fourth-order valence-corrected chi connectivity index (χ4v) is 3.63. The number of rotatable bonds is 8. The zero-order chi connectivity index (χ0) is 21.7. The van der Waals surface area contributed by atoms with E-state index in [9.17, 15) is 4.79 Å². The van der Waals surface area contributed by atoms with Crippen molar-refractivity contribution in [2.45, 2.75) is 25.1 Å². The van der Waals surface area contributed by atoms with E-state index in [0.29, 0.717) is 27.4 Å². The van der Waals surface area contributed by atoms with E-state index in [1.165, 1.54) is 11.8 Å². The van der Waals surface area contributed by atoms with Gasteiger partial charge in [0.15, 0.2) is 17.1 Å². The van der Waals surface area contributed by atoms with E-state index < -0.39 is 0 Å². The highest BCUT2D eigenvalue weighted by molar-refractivity contribution is 7.99. The number of ether oxygens (including phenoxy) is 2. The minimum absolute atomic E-state index is 0.148. The number of hydrogen-bond acceptors (Lipinski definition) is 6. The van der Waals surface area contributed by atoms with Gasteiger partial charge in [-0.2, -0.15) is 0 Å². The molecule has 1 N–H and O–H groups in total. The fraction of sp³-hybridized carbons (Fsp3) is 0.286. The van der Waals surface area contributed by atoms with Crippen LogP contribution in [0.2, 0.25) is 5.02 Å². The predicted octanol–water partition coefficient (Wildman–Crippen LogP) is 4.66. The molecule has 0 aliphatic rings. The zero-order valence-electron chi connectivity index (χ0n) is 17.2. The molecule has 3 rings (SSSR count). The van der Waals surface area contributed by atoms with Gasteiger partial charge < -0.3 is 19.4 Å². The number of hydrogen-bond donors (Lipinski definition) is 1. The maximum atomic E-state index is 12.3. The van der Waals surface area contributed by atoms with Gasteiger partial charge in [0.1, 0.15) is 11.5 Å². The zero-order valence-corrected chi connectivity index (χ0v) is 18.8. The van der Waals surface area contributed by atoms with E-state index in [-0.39, 0.29) is 17.8 Å². The van der Waals surface area contributed by atoms with Crippen LogP contribution in [0.3, 0.4) is 0 Å². The Morgan fingerprint density at radius 2 is 2.00 bits per heavy atom. The Kier molecular flexibility index (Phi) is 7.23. The third kappa shape index (κ3) is 5.46. The second-order valence-electron chi connectivity index (χ2n) is 6.64. The number of carbonyl (C=O) groups excluding carboxylic acids is 1. The van der Waals surface area contributed by atoms with Crippen molar-refractivity contribution in [1.29, 1.82) is 0 Å². The summed E-state index contributed by atoms with van der Waals surface area (Å²) in [5, 5.41) is 12.5. The second kappa shape index (κ2) is 9.86. The SMILES string of the molecule is COc1cccc(OC(C)c2nnc(SCC(=O)Nc3ccc(C)c(Cl)c3)n2C)c1. The molecule has 0 spiro atoms. The van der Waals surface area contributed by atoms with Crippen molar-refractivity contribution in [3.63, 3.8) is 0 Å². The fourth-order valence-electron chi connectivity index (χ4n) is 2.73. The van der Waals surface area contributed by atoms with Gasteiger partial charge in [-0.25, -0.2) is 0 Å². The third-order valence-corrected chi connectivity index (χ3v) is 5.80. The Balaban J connectivity index is 1.58. The van der Waals surface area contributed by atoms with Crippen LogP contribution in [0.5, 0.6) is 11.5 Å². The van der Waals surface area contributed by atoms with E-state index in [1.807, 2.05) is 61.9 Å². The first-order valence-electron chi connectivity index (χ1n) is 9.26. The largest absolute Gasteiger partial charge is 0.497 e. The molecule has 1 heterocycles. The third-order valence-electron chi connectivity index (χ3n) is 4.37. The minimum Gasteiger partial charge on any atom is -0.497 e. The first-order valence-corrected chi connectivity index (χ1v) is 10.6. The number of thioether (sulfide) groups is 1. The van der Waals surface area contributed by atoms with Gasteiger partial charge in [0.05, 0.1) is 12.9 Å². The molecular weight excluding hydrogens is 424 g/mol. The lowest BCUT2D eigenvalue weighted by atomic mass is 10.2. The highest BCUT2D eigenvalue weighted by atomic mass is 35.5. The normalized spacial score (nSPS) is 11.8. The molecule has 0 bridgehead atoms. The molecule has 0 fully saturated rings. The predicted molar refractivity (Wildman–Crippen MR) is 119 cm³/mol. The number of nitrogens with zero attached hydrogens (tertiary/aromatic N) is 3. The number of aryl methyl sites for hydroxylation is 1. The summed E-state index contributed by atoms with van der Waals surface area (Å²) in [7, 11) is 3.46. The Bertz CT molecular complexity index is 1040. The van der Waals surface area contributed by atoms with Crippen molar-refractivity contribution in [1.82, 2.24) is 14.8 Å². The van der Waals surface area contributed by atoms with Gasteiger partial charge in [-0.05, 0) is 43.7 Å². The minimum atomic E-state index is -0.326. The molecule has 0 aliphatic carbocycles. The average Bonchev–Trinajstić information content (AvgIpc) is 3.10. The molecule has 0 radical (unpaired) electrons. The van der Waals surface area contributed by atoms with Crippen LogP contribution >= 0.6 is 23.4 Å². The summed E-state index contributed by atoms with van der Waals surface area (Å²) in [5.74, 6) is 2.10. The molecule has 2 aromatic carbocycles. The molecule has 9 heteroatoms. The molecule has 1 amide bonds. The molecule has 0 saturated carbocycles. The number of halogens is 1. The molecule has 0 aliphatic heterocycles. The first-order chi connectivity index (χ1) is 14.4. The molecular formula is C21H23ClN4O3S. The number of benzene rings is 2. The maximum Gasteiger partial charge on any atom is 0.234 e. The van der Waals surface area contributed by atoms with E-state index >= 15 is 0 Å². The summed E-state index contributed by atoms with van der Waals surface area (Å²) in [6.07, 6.45) is -0.326. The highest BCUT2D eigenvalue weighted by Gasteiger charge is 2.18. The van der Waals surface area contributed by atoms with Crippen molar-refractivity contribution in [2.24, 2.45) is 7.05 Å². The van der Waals surface area contributed by atoms with Gasteiger partial charge in [0.2, 0.25) is 5.91 Å². The van der Waals surface area contributed by atoms with Crippen molar-refractivity contribution >= 4 is 35.0 Å². The quantitative estimate of drug-likeness (QED) is 0.507. The Hall–Kier alpha value is -2.71. The van der Waals surface area contributed by atoms with E-state index in [4.69, 9.17) is 21.1 Å². The van der Waals surface area contributed by atoms with Gasteiger partial charge >= 0.3 is 0 Å². The summed E-state index contributed by atoms with van der Waals surface area (Å²) < 4.78 is 13.0. The van der Waals surface area contributed by atoms with Crippen LogP contribution in [-0.4, -0.2) is 33.5 Å². The monoisotopic (exact) mass is 446 g/mol. The van der Waals surface area contributed by atoms with Gasteiger partial charge in [0, 0.05) is 23.8 Å². The lowest BCUT2D eigenvalue weighted by molar-refractivity contribution is -0.113. The van der Waals surface area contributed by atoms with Crippen molar-refractivity contribution in [3.05, 3.63) is 58.9 Å². The lowest BCUT2D eigenvalue weighted by Gasteiger charge is -2.14. The first kappa shape index (κ1) is 22.0. The topological polar surface area (TPSA) is 78.3 Å². The van der Waals surface area contributed by atoms with Crippen LogP contribution in [0.25, 0.3) is 0 Å². The Morgan fingerprint density at radius 3 is 2.73 bits per heavy atom. The summed E-state index contributed by atoms with van der Waals surface area (Å²) >= 11 is 7.40. The van der Waals surface area contributed by atoms with Gasteiger partial charge in [-0.1, -0.05) is 35.5 Å². The average molecular weight is 447 g/mol. The van der Waals surface area contributed by atoms with Crippen molar-refractivity contribution in [2.75, 3.05) is 18.2 Å². The second-order valence-corrected chi connectivity index (χ2v) is 7.99. The number of carbonyl (C=O) groups is 1. The van der Waals surface area contributed by atoms with E-state index in [2.05, 4.69) is 15.5 Å². The molecule has 30 heavy (non-hydrogen) atoms. The number of nitrogens with one attached hydrogen (secondary N) is 1. The van der Waals surface area contributed by atoms with Crippen LogP contribution in [0, 0.1) is 6.92 Å². The number of amides is 1. The molecule has 3 aromatic rings. The van der Waals surface area contributed by atoms with Gasteiger partial charge in [-0.3, -0.25) is 4.79 Å². The van der Waals surface area contributed by atoms with Crippen LogP contribution in [0.4, 0.5) is 5.69 Å². The molecule has 1 aromatic heterocycles. The van der Waals surface area contributed by atoms with Gasteiger partial charge in [-0.15, -0.1) is 10.2 Å². The summed E-state index contributed by atoms with van der Waals surface area (Å²) in [4.78, 5) is 12.3. The smallest absolute Gasteiger partial charge is 0.234 e.